The van der Waals surface area contributed by atoms with Gasteiger partial charge in [-0.25, -0.2) is 4.99 Å². The van der Waals surface area contributed by atoms with Crippen molar-refractivity contribution in [2.24, 2.45) is 10.1 Å². The molecule has 0 fully saturated rings. The van der Waals surface area contributed by atoms with Gasteiger partial charge in [-0.15, -0.1) is 0 Å². The summed E-state index contributed by atoms with van der Waals surface area (Å²) >= 11 is 0. The van der Waals surface area contributed by atoms with Crippen LogP contribution in [0, 0.1) is 6.92 Å². The van der Waals surface area contributed by atoms with E-state index in [1.807, 2.05) is 31.2 Å². The number of aliphatic imine (C=N–C) groups is 1. The third-order valence-corrected chi connectivity index (χ3v) is 5.42. The van der Waals surface area contributed by atoms with Gasteiger partial charge in [0.2, 0.25) is 0 Å². The number of benzene rings is 4. The van der Waals surface area contributed by atoms with Crippen molar-refractivity contribution in [1.29, 1.82) is 0 Å². The smallest absolute Gasteiger partial charge is 0.154 e. The van der Waals surface area contributed by atoms with Crippen LogP contribution in [0.25, 0.3) is 10.8 Å². The predicted molar refractivity (Wildman–Crippen MR) is 128 cm³/mol. The van der Waals surface area contributed by atoms with E-state index in [2.05, 4.69) is 73.0 Å². The van der Waals surface area contributed by atoms with E-state index in [4.69, 9.17) is 14.8 Å². The molecule has 1 heterocycles. The fourth-order valence-electron chi connectivity index (χ4n) is 3.81. The lowest BCUT2D eigenvalue weighted by molar-refractivity contribution is 0.340. The van der Waals surface area contributed by atoms with E-state index in [1.165, 1.54) is 5.56 Å². The second kappa shape index (κ2) is 8.07. The van der Waals surface area contributed by atoms with Gasteiger partial charge in [0.15, 0.2) is 5.84 Å². The largest absolute Gasteiger partial charge is 0.494 e. The molecule has 0 radical (unpaired) electrons. The summed E-state index contributed by atoms with van der Waals surface area (Å²) in [7, 11) is 0. The number of ether oxygens (including phenoxy) is 1. The van der Waals surface area contributed by atoms with Gasteiger partial charge < -0.3 is 4.74 Å². The summed E-state index contributed by atoms with van der Waals surface area (Å²) < 4.78 is 5.61. The van der Waals surface area contributed by atoms with Crippen molar-refractivity contribution in [3.8, 4) is 5.75 Å². The molecule has 5 rings (SSSR count). The third-order valence-electron chi connectivity index (χ3n) is 5.42. The number of hydrogen-bond donors (Lipinski definition) is 1. The van der Waals surface area contributed by atoms with E-state index in [0.29, 0.717) is 6.61 Å². The third kappa shape index (κ3) is 3.68. The molecule has 0 spiro atoms. The summed E-state index contributed by atoms with van der Waals surface area (Å²) in [6.07, 6.45) is 0. The van der Waals surface area contributed by atoms with Gasteiger partial charge in [0.1, 0.15) is 11.5 Å². The van der Waals surface area contributed by atoms with Crippen molar-refractivity contribution in [2.75, 3.05) is 6.61 Å². The van der Waals surface area contributed by atoms with Gasteiger partial charge in [-0.1, -0.05) is 60.2 Å². The molecule has 31 heavy (non-hydrogen) atoms. The van der Waals surface area contributed by atoms with Gasteiger partial charge in [0.25, 0.3) is 0 Å². The zero-order chi connectivity index (χ0) is 21.2. The number of fused-ring (bicyclic) bond motifs is 3. The normalized spacial score (nSPS) is 13.0. The zero-order valence-electron chi connectivity index (χ0n) is 17.6. The highest BCUT2D eigenvalue weighted by atomic mass is 16.5. The second-order valence-electron chi connectivity index (χ2n) is 7.54. The zero-order valence-corrected chi connectivity index (χ0v) is 17.6. The number of rotatable bonds is 4. The highest BCUT2D eigenvalue weighted by molar-refractivity contribution is 6.21. The highest BCUT2D eigenvalue weighted by Crippen LogP contribution is 2.34. The van der Waals surface area contributed by atoms with E-state index in [-0.39, 0.29) is 0 Å². The summed E-state index contributed by atoms with van der Waals surface area (Å²) in [5.41, 5.74) is 9.22. The lowest BCUT2D eigenvalue weighted by Crippen LogP contribution is -2.19. The SMILES string of the molecule is CCOc1ccc(C2=NNC(c3ccc(C)cc3)=Nc3c2ccc2ccccc32)cc1. The standard InChI is InChI=1S/C27H23N3O/c1-3-31-22-15-12-20(13-16-22)25-24-17-14-19-6-4-5-7-23(19)26(24)28-27(30-29-25)21-10-8-18(2)9-11-21/h4-17H,3H2,1-2H3,(H,28,30). The molecule has 4 aromatic carbocycles. The summed E-state index contributed by atoms with van der Waals surface area (Å²) in [5, 5.41) is 7.05. The summed E-state index contributed by atoms with van der Waals surface area (Å²) in [5.74, 6) is 1.59. The van der Waals surface area contributed by atoms with Crippen LogP contribution in [0.2, 0.25) is 0 Å². The molecule has 0 amide bonds. The van der Waals surface area contributed by atoms with Crippen LogP contribution in [0.4, 0.5) is 5.69 Å². The van der Waals surface area contributed by atoms with Gasteiger partial charge in [-0.2, -0.15) is 5.10 Å². The number of hydrogen-bond acceptors (Lipinski definition) is 4. The minimum absolute atomic E-state index is 0.643. The summed E-state index contributed by atoms with van der Waals surface area (Å²) in [6, 6.07) is 28.9. The maximum Gasteiger partial charge on any atom is 0.154 e. The van der Waals surface area contributed by atoms with Crippen LogP contribution in [-0.2, 0) is 0 Å². The maximum atomic E-state index is 5.61. The molecule has 0 saturated heterocycles. The Kier molecular flexibility index (Phi) is 4.97. The minimum atomic E-state index is 0.643. The first kappa shape index (κ1) is 19.1. The van der Waals surface area contributed by atoms with Crippen molar-refractivity contribution in [2.45, 2.75) is 13.8 Å². The Labute approximate surface area is 181 Å². The van der Waals surface area contributed by atoms with Crippen LogP contribution in [0.5, 0.6) is 5.75 Å². The number of hydrazone groups is 1. The Balaban J connectivity index is 1.69. The molecule has 152 valence electrons. The van der Waals surface area contributed by atoms with E-state index in [9.17, 15) is 0 Å². The fourth-order valence-corrected chi connectivity index (χ4v) is 3.81. The molecule has 4 heteroatoms. The van der Waals surface area contributed by atoms with Crippen molar-refractivity contribution in [3.63, 3.8) is 0 Å². The molecule has 0 atom stereocenters. The van der Waals surface area contributed by atoms with E-state index in [0.717, 1.165) is 50.4 Å². The lowest BCUT2D eigenvalue weighted by Gasteiger charge is -2.11. The monoisotopic (exact) mass is 405 g/mol. The Morgan fingerprint density at radius 3 is 2.32 bits per heavy atom. The molecule has 0 bridgehead atoms. The van der Waals surface area contributed by atoms with Crippen molar-refractivity contribution >= 4 is 28.0 Å². The van der Waals surface area contributed by atoms with Crippen LogP contribution in [0.1, 0.15) is 29.2 Å². The van der Waals surface area contributed by atoms with Gasteiger partial charge in [-0.3, -0.25) is 5.43 Å². The molecule has 1 aliphatic rings. The topological polar surface area (TPSA) is 46.0 Å². The average Bonchev–Trinajstić information content (AvgIpc) is 3.00. The first-order chi connectivity index (χ1) is 15.2. The molecule has 0 unspecified atom stereocenters. The lowest BCUT2D eigenvalue weighted by atomic mass is 9.96. The highest BCUT2D eigenvalue weighted by Gasteiger charge is 2.19. The Morgan fingerprint density at radius 1 is 0.806 bits per heavy atom. The Morgan fingerprint density at radius 2 is 1.55 bits per heavy atom. The van der Waals surface area contributed by atoms with Gasteiger partial charge >= 0.3 is 0 Å². The van der Waals surface area contributed by atoms with E-state index < -0.39 is 0 Å². The summed E-state index contributed by atoms with van der Waals surface area (Å²) in [4.78, 5) is 5.06. The molecule has 0 saturated carbocycles. The average molecular weight is 406 g/mol. The number of amidine groups is 1. The molecular formula is C27H23N3O. The molecule has 4 nitrogen and oxygen atoms in total. The second-order valence-corrected chi connectivity index (χ2v) is 7.54. The maximum absolute atomic E-state index is 5.61. The number of nitrogens with zero attached hydrogens (tertiary/aromatic N) is 2. The van der Waals surface area contributed by atoms with Crippen molar-refractivity contribution < 1.29 is 4.74 Å². The van der Waals surface area contributed by atoms with Crippen LogP contribution in [0.15, 0.2) is 95.0 Å². The van der Waals surface area contributed by atoms with E-state index >= 15 is 0 Å². The van der Waals surface area contributed by atoms with Crippen LogP contribution in [0.3, 0.4) is 0 Å². The van der Waals surface area contributed by atoms with Crippen LogP contribution >= 0.6 is 0 Å². The van der Waals surface area contributed by atoms with Crippen molar-refractivity contribution in [3.05, 3.63) is 107 Å². The molecular weight excluding hydrogens is 382 g/mol. The number of nitrogens with one attached hydrogen (secondary N) is 1. The van der Waals surface area contributed by atoms with Gasteiger partial charge in [0, 0.05) is 22.1 Å². The number of aryl methyl sites for hydroxylation is 1. The minimum Gasteiger partial charge on any atom is -0.494 e. The Bertz CT molecular complexity index is 1300. The first-order valence-corrected chi connectivity index (χ1v) is 10.5. The van der Waals surface area contributed by atoms with Gasteiger partial charge in [-0.05, 0) is 49.6 Å². The quantitative estimate of drug-likeness (QED) is 0.454. The predicted octanol–water partition coefficient (Wildman–Crippen LogP) is 5.98. The molecule has 4 aromatic rings. The Hall–Kier alpha value is -3.92. The molecule has 1 aliphatic heterocycles. The molecule has 1 N–H and O–H groups in total. The fraction of sp³-hybridized carbons (Fsp3) is 0.111. The molecule has 0 aromatic heterocycles. The molecule has 0 aliphatic carbocycles. The van der Waals surface area contributed by atoms with Crippen molar-refractivity contribution in [1.82, 2.24) is 5.43 Å². The summed E-state index contributed by atoms with van der Waals surface area (Å²) in [6.45, 7) is 4.71. The van der Waals surface area contributed by atoms with E-state index in [1.54, 1.807) is 0 Å². The van der Waals surface area contributed by atoms with Crippen LogP contribution < -0.4 is 10.2 Å². The van der Waals surface area contributed by atoms with Crippen LogP contribution in [-0.4, -0.2) is 18.2 Å². The van der Waals surface area contributed by atoms with Gasteiger partial charge in [0.05, 0.1) is 12.3 Å². The first-order valence-electron chi connectivity index (χ1n) is 10.5.